The Labute approximate surface area is 159 Å². The standard InChI is InChI=1S/C20H27N5O2/c1-12(2)21-19(26)16-10-15(11-25(16)4)23-20(27)17-13(3)22-18(24-17)14-8-6-5-7-9-14/h5-9,12,15-16H,10-11H2,1-4H3,(H,21,26)(H,22,24)(H,23,27)/t15-,16+/m1/s1. The second-order valence-corrected chi connectivity index (χ2v) is 7.45. The van der Waals surface area contributed by atoms with E-state index < -0.39 is 0 Å². The van der Waals surface area contributed by atoms with Gasteiger partial charge in [0, 0.05) is 29.9 Å². The number of hydrogen-bond donors (Lipinski definition) is 3. The van der Waals surface area contributed by atoms with Gasteiger partial charge in [0.15, 0.2) is 0 Å². The lowest BCUT2D eigenvalue weighted by molar-refractivity contribution is -0.125. The monoisotopic (exact) mass is 369 g/mol. The van der Waals surface area contributed by atoms with Crippen molar-refractivity contribution in [3.8, 4) is 11.4 Å². The summed E-state index contributed by atoms with van der Waals surface area (Å²) in [6.07, 6.45) is 0.593. The maximum Gasteiger partial charge on any atom is 0.272 e. The first-order valence-corrected chi connectivity index (χ1v) is 9.28. The largest absolute Gasteiger partial charge is 0.353 e. The molecule has 2 aromatic rings. The predicted molar refractivity (Wildman–Crippen MR) is 104 cm³/mol. The van der Waals surface area contributed by atoms with Crippen LogP contribution < -0.4 is 10.6 Å². The molecule has 7 nitrogen and oxygen atoms in total. The normalized spacial score (nSPS) is 20.0. The van der Waals surface area contributed by atoms with Crippen molar-refractivity contribution in [1.82, 2.24) is 25.5 Å². The highest BCUT2D eigenvalue weighted by Gasteiger charge is 2.35. The van der Waals surface area contributed by atoms with Gasteiger partial charge in [0.2, 0.25) is 5.91 Å². The van der Waals surface area contributed by atoms with E-state index >= 15 is 0 Å². The Balaban J connectivity index is 1.66. The molecule has 1 aromatic heterocycles. The molecule has 1 aliphatic rings. The fraction of sp³-hybridized carbons (Fsp3) is 0.450. The van der Waals surface area contributed by atoms with Gasteiger partial charge in [-0.25, -0.2) is 4.98 Å². The van der Waals surface area contributed by atoms with E-state index in [9.17, 15) is 9.59 Å². The zero-order valence-corrected chi connectivity index (χ0v) is 16.2. The van der Waals surface area contributed by atoms with Gasteiger partial charge < -0.3 is 15.6 Å². The molecule has 2 amide bonds. The van der Waals surface area contributed by atoms with Crippen LogP contribution in [0.1, 0.15) is 36.5 Å². The van der Waals surface area contributed by atoms with Crippen LogP contribution in [-0.2, 0) is 4.79 Å². The Kier molecular flexibility index (Phi) is 5.60. The number of aromatic amines is 1. The average molecular weight is 369 g/mol. The molecule has 2 atom stereocenters. The van der Waals surface area contributed by atoms with Gasteiger partial charge in [-0.3, -0.25) is 14.5 Å². The highest BCUT2D eigenvalue weighted by atomic mass is 16.2. The van der Waals surface area contributed by atoms with Gasteiger partial charge in [-0.05, 0) is 34.2 Å². The Morgan fingerprint density at radius 2 is 1.96 bits per heavy atom. The van der Waals surface area contributed by atoms with Gasteiger partial charge >= 0.3 is 0 Å². The summed E-state index contributed by atoms with van der Waals surface area (Å²) in [4.78, 5) is 34.6. The second-order valence-electron chi connectivity index (χ2n) is 7.45. The van der Waals surface area contributed by atoms with Gasteiger partial charge in [0.25, 0.3) is 5.91 Å². The molecule has 0 saturated carbocycles. The van der Waals surface area contributed by atoms with Crippen LogP contribution in [0.25, 0.3) is 11.4 Å². The van der Waals surface area contributed by atoms with Gasteiger partial charge in [0.1, 0.15) is 11.5 Å². The maximum absolute atomic E-state index is 12.7. The third kappa shape index (κ3) is 4.36. The second kappa shape index (κ2) is 7.92. The van der Waals surface area contributed by atoms with Crippen LogP contribution in [0, 0.1) is 6.92 Å². The molecule has 1 aliphatic heterocycles. The summed E-state index contributed by atoms with van der Waals surface area (Å²) in [5, 5.41) is 5.97. The number of rotatable bonds is 5. The van der Waals surface area contributed by atoms with Crippen molar-refractivity contribution in [2.75, 3.05) is 13.6 Å². The van der Waals surface area contributed by atoms with Crippen molar-refractivity contribution in [2.45, 2.75) is 45.3 Å². The summed E-state index contributed by atoms with van der Waals surface area (Å²) in [6, 6.07) is 9.50. The number of likely N-dealkylation sites (tertiary alicyclic amines) is 1. The van der Waals surface area contributed by atoms with E-state index in [2.05, 4.69) is 20.6 Å². The lowest BCUT2D eigenvalue weighted by atomic mass is 10.1. The Hall–Kier alpha value is -2.67. The number of nitrogens with one attached hydrogen (secondary N) is 3. The van der Waals surface area contributed by atoms with E-state index in [4.69, 9.17) is 0 Å². The molecular weight excluding hydrogens is 342 g/mol. The molecule has 1 fully saturated rings. The molecule has 0 aliphatic carbocycles. The quantitative estimate of drug-likeness (QED) is 0.748. The third-order valence-electron chi connectivity index (χ3n) is 4.76. The summed E-state index contributed by atoms with van der Waals surface area (Å²) in [5.74, 6) is 0.469. The molecular formula is C20H27N5O2. The molecule has 27 heavy (non-hydrogen) atoms. The van der Waals surface area contributed by atoms with Crippen LogP contribution >= 0.6 is 0 Å². The van der Waals surface area contributed by atoms with Gasteiger partial charge in [-0.2, -0.15) is 0 Å². The average Bonchev–Trinajstić information content (AvgIpc) is 3.18. The molecule has 3 N–H and O–H groups in total. The maximum atomic E-state index is 12.7. The Morgan fingerprint density at radius 1 is 1.26 bits per heavy atom. The van der Waals surface area contributed by atoms with E-state index in [-0.39, 0.29) is 29.9 Å². The summed E-state index contributed by atoms with van der Waals surface area (Å²) >= 11 is 0. The number of amides is 2. The molecule has 1 aromatic carbocycles. The van der Waals surface area contributed by atoms with Crippen molar-refractivity contribution in [3.05, 3.63) is 41.7 Å². The number of benzene rings is 1. The van der Waals surface area contributed by atoms with E-state index in [1.165, 1.54) is 0 Å². The highest BCUT2D eigenvalue weighted by molar-refractivity contribution is 5.94. The molecule has 0 spiro atoms. The van der Waals surface area contributed by atoms with Gasteiger partial charge in [-0.1, -0.05) is 30.3 Å². The van der Waals surface area contributed by atoms with E-state index in [0.29, 0.717) is 24.5 Å². The Morgan fingerprint density at radius 3 is 2.63 bits per heavy atom. The lowest BCUT2D eigenvalue weighted by Gasteiger charge is -2.19. The van der Waals surface area contributed by atoms with Crippen molar-refractivity contribution < 1.29 is 9.59 Å². The van der Waals surface area contributed by atoms with Crippen LogP contribution in [-0.4, -0.2) is 58.4 Å². The van der Waals surface area contributed by atoms with E-state index in [0.717, 1.165) is 11.3 Å². The number of nitrogens with zero attached hydrogens (tertiary/aromatic N) is 2. The first-order valence-electron chi connectivity index (χ1n) is 9.28. The minimum absolute atomic E-state index is 0.00608. The van der Waals surface area contributed by atoms with Crippen LogP contribution in [0.2, 0.25) is 0 Å². The summed E-state index contributed by atoms with van der Waals surface area (Å²) in [7, 11) is 1.91. The third-order valence-corrected chi connectivity index (χ3v) is 4.76. The fourth-order valence-corrected chi connectivity index (χ4v) is 3.46. The van der Waals surface area contributed by atoms with Crippen molar-refractivity contribution in [3.63, 3.8) is 0 Å². The van der Waals surface area contributed by atoms with E-state index in [1.54, 1.807) is 0 Å². The summed E-state index contributed by atoms with van der Waals surface area (Å²) in [5.41, 5.74) is 2.06. The number of carbonyl (C=O) groups is 2. The number of H-pyrrole nitrogens is 1. The number of likely N-dealkylation sites (N-methyl/N-ethyl adjacent to an activating group) is 1. The van der Waals surface area contributed by atoms with Crippen LogP contribution in [0.15, 0.2) is 30.3 Å². The van der Waals surface area contributed by atoms with Gasteiger partial charge in [0.05, 0.1) is 6.04 Å². The minimum atomic E-state index is -0.224. The lowest BCUT2D eigenvalue weighted by Crippen LogP contribution is -2.43. The van der Waals surface area contributed by atoms with Crippen LogP contribution in [0.3, 0.4) is 0 Å². The minimum Gasteiger partial charge on any atom is -0.353 e. The molecule has 7 heteroatoms. The van der Waals surface area contributed by atoms with E-state index in [1.807, 2.05) is 63.1 Å². The molecule has 0 bridgehead atoms. The topological polar surface area (TPSA) is 90.1 Å². The van der Waals surface area contributed by atoms with Gasteiger partial charge in [-0.15, -0.1) is 0 Å². The molecule has 2 heterocycles. The first-order chi connectivity index (χ1) is 12.8. The Bertz CT molecular complexity index is 815. The van der Waals surface area contributed by atoms with Crippen LogP contribution in [0.5, 0.6) is 0 Å². The molecule has 0 unspecified atom stereocenters. The smallest absolute Gasteiger partial charge is 0.272 e. The zero-order valence-electron chi connectivity index (χ0n) is 16.2. The number of aryl methyl sites for hydroxylation is 1. The summed E-state index contributed by atoms with van der Waals surface area (Å²) < 4.78 is 0. The van der Waals surface area contributed by atoms with Crippen molar-refractivity contribution >= 4 is 11.8 Å². The van der Waals surface area contributed by atoms with Crippen molar-refractivity contribution in [2.24, 2.45) is 0 Å². The number of imidazole rings is 1. The zero-order chi connectivity index (χ0) is 19.6. The number of aromatic nitrogens is 2. The molecule has 144 valence electrons. The molecule has 1 saturated heterocycles. The van der Waals surface area contributed by atoms with Crippen LogP contribution in [0.4, 0.5) is 0 Å². The number of carbonyl (C=O) groups excluding carboxylic acids is 2. The van der Waals surface area contributed by atoms with Crippen molar-refractivity contribution in [1.29, 1.82) is 0 Å². The predicted octanol–water partition coefficient (Wildman–Crippen LogP) is 1.71. The highest BCUT2D eigenvalue weighted by Crippen LogP contribution is 2.19. The first kappa shape index (κ1) is 19.1. The number of hydrogen-bond acceptors (Lipinski definition) is 4. The molecule has 3 rings (SSSR count). The molecule has 0 radical (unpaired) electrons. The summed E-state index contributed by atoms with van der Waals surface area (Å²) in [6.45, 7) is 6.36. The SMILES string of the molecule is Cc1[nH]c(-c2ccccc2)nc1C(=O)N[C@@H]1C[C@@H](C(=O)NC(C)C)N(C)C1. The fourth-order valence-electron chi connectivity index (χ4n) is 3.46.